The van der Waals surface area contributed by atoms with Crippen LogP contribution in [0.25, 0.3) is 0 Å². The Balaban J connectivity index is 1.72. The van der Waals surface area contributed by atoms with Crippen molar-refractivity contribution < 1.29 is 27.7 Å². The van der Waals surface area contributed by atoms with Gasteiger partial charge in [0.15, 0.2) is 5.78 Å². The molecule has 2 bridgehead atoms. The molecule has 1 aromatic rings. The van der Waals surface area contributed by atoms with Gasteiger partial charge in [-0.2, -0.15) is 4.31 Å². The second-order valence-corrected chi connectivity index (χ2v) is 9.40. The number of nitro benzene ring substituents is 1. The van der Waals surface area contributed by atoms with Crippen molar-refractivity contribution in [2.45, 2.75) is 30.7 Å². The minimum absolute atomic E-state index is 0.00734. The number of hydrogen-bond donors (Lipinski definition) is 0. The number of cyclic esters (lactones) is 1. The van der Waals surface area contributed by atoms with Gasteiger partial charge in [-0.3, -0.25) is 19.7 Å². The van der Waals surface area contributed by atoms with Crippen molar-refractivity contribution in [1.82, 2.24) is 4.31 Å². The van der Waals surface area contributed by atoms with E-state index in [-0.39, 0.29) is 47.8 Å². The summed E-state index contributed by atoms with van der Waals surface area (Å²) in [5, 5.41) is 10.8. The fraction of sp³-hybridized carbons (Fsp3) is 0.474. The van der Waals surface area contributed by atoms with Gasteiger partial charge in [0.05, 0.1) is 28.4 Å². The molecule has 0 unspecified atom stereocenters. The van der Waals surface area contributed by atoms with Gasteiger partial charge in [0.2, 0.25) is 10.0 Å². The van der Waals surface area contributed by atoms with Crippen LogP contribution in [-0.2, 0) is 24.3 Å². The number of esters is 1. The van der Waals surface area contributed by atoms with E-state index >= 15 is 0 Å². The molecule has 10 heteroatoms. The van der Waals surface area contributed by atoms with Gasteiger partial charge in [-0.1, -0.05) is 11.6 Å². The molecule has 4 rings (SSSR count). The fourth-order valence-electron chi connectivity index (χ4n) is 4.72. The van der Waals surface area contributed by atoms with Crippen molar-refractivity contribution in [1.29, 1.82) is 0 Å². The molecule has 0 radical (unpaired) electrons. The van der Waals surface area contributed by atoms with Crippen LogP contribution in [-0.4, -0.2) is 48.6 Å². The van der Waals surface area contributed by atoms with Crippen LogP contribution in [0.5, 0.6) is 0 Å². The van der Waals surface area contributed by atoms with Crippen LogP contribution in [0.1, 0.15) is 19.8 Å². The molecule has 2 heterocycles. The van der Waals surface area contributed by atoms with Gasteiger partial charge in [0, 0.05) is 24.6 Å². The van der Waals surface area contributed by atoms with Crippen LogP contribution in [0.4, 0.5) is 5.69 Å². The predicted molar refractivity (Wildman–Crippen MR) is 100 cm³/mol. The fourth-order valence-corrected chi connectivity index (χ4v) is 6.32. The zero-order chi connectivity index (χ0) is 20.9. The van der Waals surface area contributed by atoms with Gasteiger partial charge < -0.3 is 4.74 Å². The normalized spacial score (nSPS) is 31.3. The van der Waals surface area contributed by atoms with Gasteiger partial charge >= 0.3 is 5.97 Å². The van der Waals surface area contributed by atoms with Gasteiger partial charge in [0.25, 0.3) is 5.69 Å². The van der Waals surface area contributed by atoms with Crippen LogP contribution in [0.3, 0.4) is 0 Å². The lowest BCUT2D eigenvalue weighted by molar-refractivity contribution is -0.384. The first kappa shape index (κ1) is 19.7. The van der Waals surface area contributed by atoms with E-state index in [0.29, 0.717) is 6.42 Å². The number of nitro groups is 1. The molecule has 1 aliphatic carbocycles. The number of piperidine rings is 1. The molecule has 0 aromatic heterocycles. The highest BCUT2D eigenvalue weighted by Crippen LogP contribution is 2.47. The third-order valence-electron chi connectivity index (χ3n) is 6.17. The summed E-state index contributed by atoms with van der Waals surface area (Å²) >= 11 is 0. The van der Waals surface area contributed by atoms with E-state index in [1.807, 2.05) is 0 Å². The van der Waals surface area contributed by atoms with E-state index in [1.165, 1.54) is 16.4 Å². The second kappa shape index (κ2) is 7.03. The number of allylic oxidation sites excluding steroid dienone is 1. The molecule has 0 spiro atoms. The van der Waals surface area contributed by atoms with Gasteiger partial charge in [0.1, 0.15) is 0 Å². The molecular formula is C19H20N2O7S. The number of ketones is 1. The maximum atomic E-state index is 13.3. The third-order valence-corrected chi connectivity index (χ3v) is 8.04. The Hall–Kier alpha value is -2.59. The number of rotatable bonds is 3. The van der Waals surface area contributed by atoms with Crippen LogP contribution in [0.15, 0.2) is 40.8 Å². The summed E-state index contributed by atoms with van der Waals surface area (Å²) in [6.45, 7) is 1.95. The number of benzene rings is 1. The maximum Gasteiger partial charge on any atom is 0.310 e. The molecule has 4 atom stereocenters. The topological polar surface area (TPSA) is 124 Å². The number of Topliss-reactive ketones (excluding diaryl/α,β-unsaturated/α-hetero) is 1. The number of carbonyl (C=O) groups excluding carboxylic acids is 2. The number of fused-ring (bicyclic) bond motifs is 4. The molecule has 3 aliphatic rings. The van der Waals surface area contributed by atoms with E-state index in [1.54, 1.807) is 13.0 Å². The van der Waals surface area contributed by atoms with E-state index in [2.05, 4.69) is 0 Å². The molecule has 29 heavy (non-hydrogen) atoms. The van der Waals surface area contributed by atoms with Crippen molar-refractivity contribution in [3.63, 3.8) is 0 Å². The molecular weight excluding hydrogens is 400 g/mol. The van der Waals surface area contributed by atoms with Crippen molar-refractivity contribution in [3.8, 4) is 0 Å². The first-order chi connectivity index (χ1) is 13.8. The van der Waals surface area contributed by atoms with E-state index in [9.17, 15) is 28.1 Å². The zero-order valence-corrected chi connectivity index (χ0v) is 16.5. The number of carbonyl (C=O) groups is 2. The van der Waals surface area contributed by atoms with Gasteiger partial charge in [-0.25, -0.2) is 8.42 Å². The third kappa shape index (κ3) is 3.06. The Bertz CT molecular complexity index is 1020. The smallest absolute Gasteiger partial charge is 0.310 e. The van der Waals surface area contributed by atoms with E-state index < -0.39 is 32.8 Å². The van der Waals surface area contributed by atoms with Crippen LogP contribution < -0.4 is 0 Å². The zero-order valence-electron chi connectivity index (χ0n) is 15.7. The van der Waals surface area contributed by atoms with E-state index in [0.717, 1.165) is 17.7 Å². The highest BCUT2D eigenvalue weighted by Gasteiger charge is 2.56. The van der Waals surface area contributed by atoms with Crippen molar-refractivity contribution in [2.24, 2.45) is 17.8 Å². The Morgan fingerprint density at radius 1 is 1.21 bits per heavy atom. The Morgan fingerprint density at radius 3 is 2.52 bits per heavy atom. The lowest BCUT2D eigenvalue weighted by Crippen LogP contribution is -2.61. The monoisotopic (exact) mass is 420 g/mol. The first-order valence-electron chi connectivity index (χ1n) is 9.37. The largest absolute Gasteiger partial charge is 0.465 e. The van der Waals surface area contributed by atoms with Crippen molar-refractivity contribution in [2.75, 3.05) is 13.2 Å². The quantitative estimate of drug-likeness (QED) is 0.315. The van der Waals surface area contributed by atoms with Crippen molar-refractivity contribution in [3.05, 3.63) is 46.0 Å². The summed E-state index contributed by atoms with van der Waals surface area (Å²) in [5.41, 5.74) is 0.571. The summed E-state index contributed by atoms with van der Waals surface area (Å²) in [7, 11) is -4.05. The summed E-state index contributed by atoms with van der Waals surface area (Å²) in [6, 6.07) is 3.78. The SMILES string of the molecule is C/C=C1/CN(S(=O)(=O)c2ccc([N+](=O)[O-])cc2)[C@H]2C[C@@H]1[C@H]1C(=O)OCC[C@@H]1C2=O. The molecule has 1 saturated carbocycles. The lowest BCUT2D eigenvalue weighted by Gasteiger charge is -2.49. The van der Waals surface area contributed by atoms with Crippen molar-refractivity contribution >= 4 is 27.5 Å². The first-order valence-corrected chi connectivity index (χ1v) is 10.8. The summed E-state index contributed by atoms with van der Waals surface area (Å²) in [5.74, 6) is -1.95. The second-order valence-electron chi connectivity index (χ2n) is 7.51. The summed E-state index contributed by atoms with van der Waals surface area (Å²) in [6.07, 6.45) is 2.43. The Kier molecular flexibility index (Phi) is 4.78. The van der Waals surface area contributed by atoms with Crippen LogP contribution in [0, 0.1) is 27.9 Å². The number of non-ortho nitro benzene ring substituents is 1. The minimum atomic E-state index is -4.05. The average Bonchev–Trinajstić information content (AvgIpc) is 2.71. The van der Waals surface area contributed by atoms with Gasteiger partial charge in [-0.15, -0.1) is 0 Å². The number of sulfonamides is 1. The van der Waals surface area contributed by atoms with Crippen LogP contribution >= 0.6 is 0 Å². The molecule has 3 fully saturated rings. The Labute approximate surface area is 167 Å². The summed E-state index contributed by atoms with van der Waals surface area (Å²) < 4.78 is 32.9. The Morgan fingerprint density at radius 2 is 1.90 bits per heavy atom. The highest BCUT2D eigenvalue weighted by molar-refractivity contribution is 7.89. The molecule has 2 saturated heterocycles. The number of ether oxygens (including phenoxy) is 1. The average molecular weight is 420 g/mol. The predicted octanol–water partition coefficient (Wildman–Crippen LogP) is 1.68. The molecule has 154 valence electrons. The van der Waals surface area contributed by atoms with Crippen LogP contribution in [0.2, 0.25) is 0 Å². The summed E-state index contributed by atoms with van der Waals surface area (Å²) in [4.78, 5) is 35.6. The van der Waals surface area contributed by atoms with Gasteiger partial charge in [-0.05, 0) is 37.8 Å². The van der Waals surface area contributed by atoms with E-state index in [4.69, 9.17) is 4.74 Å². The molecule has 2 aliphatic heterocycles. The molecule has 0 amide bonds. The lowest BCUT2D eigenvalue weighted by atomic mass is 9.63. The number of nitrogens with zero attached hydrogens (tertiary/aromatic N) is 2. The molecule has 0 N–H and O–H groups in total. The standard InChI is InChI=1S/C19H20N2O7S/c1-2-11-10-20(29(26,27)13-5-3-12(4-6-13)21(24)25)16-9-15(11)17-14(18(16)22)7-8-28-19(17)23/h2-6,14-17H,7-10H2,1H3/b11-2-/t14-,15-,16-,17-/m0/s1. The molecule has 1 aromatic carbocycles. The highest BCUT2D eigenvalue weighted by atomic mass is 32.2. The number of hydrogen-bond acceptors (Lipinski definition) is 7. The maximum absolute atomic E-state index is 13.3. The molecule has 9 nitrogen and oxygen atoms in total. The minimum Gasteiger partial charge on any atom is -0.465 e.